The summed E-state index contributed by atoms with van der Waals surface area (Å²) in [6.07, 6.45) is 69.5. The number of hydrogen-bond acceptors (Lipinski definition) is 15. The Morgan fingerprint density at radius 2 is 0.477 bits per heavy atom. The molecule has 0 saturated heterocycles. The van der Waals surface area contributed by atoms with Crippen LogP contribution in [0, 0.1) is 17.8 Å². The van der Waals surface area contributed by atoms with E-state index in [2.05, 4.69) is 48.5 Å². The van der Waals surface area contributed by atoms with Gasteiger partial charge in [-0.1, -0.05) is 414 Å². The second-order valence-electron chi connectivity index (χ2n) is 32.6. The number of ether oxygens (including phenoxy) is 4. The molecular weight excluding hydrogens is 1390 g/mol. The van der Waals surface area contributed by atoms with E-state index in [0.717, 1.165) is 114 Å². The van der Waals surface area contributed by atoms with Crippen LogP contribution in [0.15, 0.2) is 0 Å². The predicted octanol–water partition coefficient (Wildman–Crippen LogP) is 26.9. The molecule has 0 aliphatic carbocycles. The Morgan fingerprint density at radius 1 is 0.271 bits per heavy atom. The van der Waals surface area contributed by atoms with Crippen LogP contribution in [-0.2, 0) is 65.4 Å². The summed E-state index contributed by atoms with van der Waals surface area (Å²) in [6, 6.07) is 0. The SMILES string of the molecule is CCCCCCCCCCCCCCCCCCCCCCC(=O)OC[C@H](COP(=O)(O)OC[C@@H](O)COP(=O)(O)OC[C@@H](COC(=O)CCCCCCCCC(C)CC)OC(=O)CCCCCCCCCCCCCCC(C)C)OC(=O)CCCCCCCCCCCCCCCCCCCCC(C)CC. The highest BCUT2D eigenvalue weighted by molar-refractivity contribution is 7.47. The lowest BCUT2D eigenvalue weighted by molar-refractivity contribution is -0.161. The molecule has 107 heavy (non-hydrogen) atoms. The van der Waals surface area contributed by atoms with Crippen LogP contribution in [0.1, 0.15) is 466 Å². The van der Waals surface area contributed by atoms with Crippen LogP contribution in [0.3, 0.4) is 0 Å². The molecule has 0 radical (unpaired) electrons. The quantitative estimate of drug-likeness (QED) is 0.0222. The van der Waals surface area contributed by atoms with Crippen molar-refractivity contribution in [3.63, 3.8) is 0 Å². The number of hydrogen-bond donors (Lipinski definition) is 3. The van der Waals surface area contributed by atoms with E-state index in [4.69, 9.17) is 37.0 Å². The highest BCUT2D eigenvalue weighted by Gasteiger charge is 2.31. The van der Waals surface area contributed by atoms with Crippen LogP contribution in [0.2, 0.25) is 0 Å². The highest BCUT2D eigenvalue weighted by atomic mass is 31.2. The first-order chi connectivity index (χ1) is 51.8. The number of aliphatic hydroxyl groups excluding tert-OH is 1. The molecule has 0 rings (SSSR count). The molecule has 0 aliphatic rings. The number of carbonyl (C=O) groups is 4. The highest BCUT2D eigenvalue weighted by Crippen LogP contribution is 2.45. The van der Waals surface area contributed by atoms with Gasteiger partial charge in [-0.2, -0.15) is 0 Å². The second kappa shape index (κ2) is 78.0. The molecule has 0 spiro atoms. The zero-order chi connectivity index (χ0) is 78.6. The van der Waals surface area contributed by atoms with Crippen molar-refractivity contribution in [1.29, 1.82) is 0 Å². The minimum Gasteiger partial charge on any atom is -0.462 e. The third-order valence-corrected chi connectivity index (χ3v) is 23.3. The maximum atomic E-state index is 13.2. The summed E-state index contributed by atoms with van der Waals surface area (Å²) in [6.45, 7) is 12.0. The summed E-state index contributed by atoms with van der Waals surface area (Å²) in [7, 11) is -9.93. The second-order valence-corrected chi connectivity index (χ2v) is 35.5. The van der Waals surface area contributed by atoms with Gasteiger partial charge in [0.05, 0.1) is 26.4 Å². The summed E-state index contributed by atoms with van der Waals surface area (Å²) in [5, 5.41) is 10.7. The average Bonchev–Trinajstić information content (AvgIpc) is 1.15. The van der Waals surface area contributed by atoms with Gasteiger partial charge in [-0.05, 0) is 43.4 Å². The lowest BCUT2D eigenvalue weighted by Gasteiger charge is -2.21. The van der Waals surface area contributed by atoms with E-state index >= 15 is 0 Å². The molecule has 0 amide bonds. The van der Waals surface area contributed by atoms with Gasteiger partial charge >= 0.3 is 39.5 Å². The molecule has 0 aromatic heterocycles. The molecule has 7 atom stereocenters. The Morgan fingerprint density at radius 3 is 0.710 bits per heavy atom. The Kier molecular flexibility index (Phi) is 76.6. The van der Waals surface area contributed by atoms with Crippen molar-refractivity contribution < 1.29 is 80.2 Å². The summed E-state index contributed by atoms with van der Waals surface area (Å²) in [4.78, 5) is 73.3. The largest absolute Gasteiger partial charge is 0.472 e. The molecule has 0 aliphatic heterocycles. The number of esters is 4. The van der Waals surface area contributed by atoms with Crippen molar-refractivity contribution >= 4 is 39.5 Å². The molecule has 4 unspecified atom stereocenters. The molecule has 0 bridgehead atoms. The Hall–Kier alpha value is -1.94. The van der Waals surface area contributed by atoms with Crippen molar-refractivity contribution in [3.8, 4) is 0 Å². The fraction of sp³-hybridized carbons (Fsp3) is 0.955. The van der Waals surface area contributed by atoms with Gasteiger partial charge in [0.15, 0.2) is 12.2 Å². The van der Waals surface area contributed by atoms with Crippen molar-refractivity contribution in [2.24, 2.45) is 17.8 Å². The van der Waals surface area contributed by atoms with E-state index in [1.807, 2.05) is 0 Å². The first-order valence-corrected chi connectivity index (χ1v) is 48.4. The third-order valence-electron chi connectivity index (χ3n) is 21.4. The lowest BCUT2D eigenvalue weighted by Crippen LogP contribution is -2.30. The first-order valence-electron chi connectivity index (χ1n) is 45.4. The smallest absolute Gasteiger partial charge is 0.462 e. The van der Waals surface area contributed by atoms with Gasteiger partial charge < -0.3 is 33.8 Å². The molecule has 0 heterocycles. The zero-order valence-electron chi connectivity index (χ0n) is 70.6. The van der Waals surface area contributed by atoms with Gasteiger partial charge in [0.25, 0.3) is 0 Å². The maximum absolute atomic E-state index is 13.2. The fourth-order valence-corrected chi connectivity index (χ4v) is 15.2. The Labute approximate surface area is 658 Å². The van der Waals surface area contributed by atoms with Gasteiger partial charge in [-0.15, -0.1) is 0 Å². The molecule has 0 saturated carbocycles. The van der Waals surface area contributed by atoms with E-state index in [-0.39, 0.29) is 25.7 Å². The standard InChI is InChI=1S/C88H172O17P2/c1-8-11-12-13-14-15-16-17-18-19-20-21-25-28-31-37-42-47-55-62-69-85(90)98-75-83(104-87(92)71-64-57-48-43-38-32-29-26-23-22-24-27-30-36-41-46-53-60-67-80(6)9-2)77-102-106(94,95)100-73-82(89)74-101-107(96,97)103-78-84(76-99-86(91)70-63-56-51-50-54-61-68-81(7)10-3)105-88(93)72-65-58-49-44-39-34-33-35-40-45-52-59-66-79(4)5/h79-84,89H,8-78H2,1-7H3,(H,94,95)(H,96,97)/t80?,81?,82-,83-,84-/m1/s1. The summed E-state index contributed by atoms with van der Waals surface area (Å²) in [5.74, 6) is 0.274. The van der Waals surface area contributed by atoms with Gasteiger partial charge in [-0.3, -0.25) is 37.3 Å². The number of unbranched alkanes of at least 4 members (excludes halogenated alkanes) is 52. The number of phosphoric acid groups is 2. The van der Waals surface area contributed by atoms with Crippen molar-refractivity contribution in [2.75, 3.05) is 39.6 Å². The van der Waals surface area contributed by atoms with Crippen LogP contribution >= 0.6 is 15.6 Å². The summed E-state index contributed by atoms with van der Waals surface area (Å²) in [5.41, 5.74) is 0. The number of phosphoric ester groups is 2. The van der Waals surface area contributed by atoms with E-state index < -0.39 is 97.5 Å². The van der Waals surface area contributed by atoms with Crippen molar-refractivity contribution in [2.45, 2.75) is 484 Å². The predicted molar refractivity (Wildman–Crippen MR) is 441 cm³/mol. The average molecular weight is 1560 g/mol. The number of carbonyl (C=O) groups excluding carboxylic acids is 4. The molecule has 17 nitrogen and oxygen atoms in total. The zero-order valence-corrected chi connectivity index (χ0v) is 72.4. The van der Waals surface area contributed by atoms with Gasteiger partial charge in [-0.25, -0.2) is 9.13 Å². The molecule has 636 valence electrons. The molecule has 3 N–H and O–H groups in total. The van der Waals surface area contributed by atoms with Gasteiger partial charge in [0.1, 0.15) is 19.3 Å². The molecule has 0 aromatic rings. The van der Waals surface area contributed by atoms with Crippen LogP contribution in [0.4, 0.5) is 0 Å². The van der Waals surface area contributed by atoms with Gasteiger partial charge in [0, 0.05) is 25.7 Å². The normalized spacial score (nSPS) is 14.3. The lowest BCUT2D eigenvalue weighted by atomic mass is 9.99. The molecular formula is C88H172O17P2. The van der Waals surface area contributed by atoms with Crippen LogP contribution in [0.25, 0.3) is 0 Å². The van der Waals surface area contributed by atoms with E-state index in [1.165, 1.54) is 270 Å². The summed E-state index contributed by atoms with van der Waals surface area (Å²) >= 11 is 0. The van der Waals surface area contributed by atoms with Crippen molar-refractivity contribution in [1.82, 2.24) is 0 Å². The first kappa shape index (κ1) is 105. The van der Waals surface area contributed by atoms with E-state index in [0.29, 0.717) is 25.7 Å². The van der Waals surface area contributed by atoms with E-state index in [9.17, 15) is 43.2 Å². The number of rotatable bonds is 86. The summed E-state index contributed by atoms with van der Waals surface area (Å²) < 4.78 is 68.9. The maximum Gasteiger partial charge on any atom is 0.472 e. The molecule has 0 aromatic carbocycles. The van der Waals surface area contributed by atoms with Crippen LogP contribution < -0.4 is 0 Å². The molecule has 19 heteroatoms. The fourth-order valence-electron chi connectivity index (χ4n) is 13.7. The van der Waals surface area contributed by atoms with E-state index in [1.54, 1.807) is 0 Å². The minimum absolute atomic E-state index is 0.106. The minimum atomic E-state index is -4.97. The van der Waals surface area contributed by atoms with Crippen molar-refractivity contribution in [3.05, 3.63) is 0 Å². The molecule has 0 fully saturated rings. The monoisotopic (exact) mass is 1560 g/mol. The van der Waals surface area contributed by atoms with Crippen LogP contribution in [-0.4, -0.2) is 96.7 Å². The Balaban J connectivity index is 5.22. The Bertz CT molecular complexity index is 2060. The number of aliphatic hydroxyl groups is 1. The van der Waals surface area contributed by atoms with Crippen LogP contribution in [0.5, 0.6) is 0 Å². The topological polar surface area (TPSA) is 237 Å². The third kappa shape index (κ3) is 79.1. The van der Waals surface area contributed by atoms with Gasteiger partial charge in [0.2, 0.25) is 0 Å².